The van der Waals surface area contributed by atoms with Gasteiger partial charge in [0.1, 0.15) is 0 Å². The van der Waals surface area contributed by atoms with E-state index in [1.807, 2.05) is 0 Å². The Morgan fingerprint density at radius 2 is 1.73 bits per heavy atom. The van der Waals surface area contributed by atoms with Crippen LogP contribution in [0, 0.1) is 0 Å². The average Bonchev–Trinajstić information content (AvgIpc) is 2.47. The van der Waals surface area contributed by atoms with Gasteiger partial charge in [0.25, 0.3) is 0 Å². The third kappa shape index (κ3) is 9.79. The van der Waals surface area contributed by atoms with Gasteiger partial charge in [0.2, 0.25) is 0 Å². The van der Waals surface area contributed by atoms with Gasteiger partial charge in [-0.1, -0.05) is 0 Å². The molecule has 0 radical (unpaired) electrons. The van der Waals surface area contributed by atoms with Crippen molar-refractivity contribution in [1.82, 2.24) is 10.6 Å². The molecule has 0 aromatic carbocycles. The van der Waals surface area contributed by atoms with E-state index in [2.05, 4.69) is 17.6 Å². The number of aliphatic hydroxyl groups excluding tert-OH is 1. The van der Waals surface area contributed by atoms with E-state index in [1.54, 1.807) is 0 Å². The number of aliphatic carboxylic acids is 1. The molecule has 2 amide bonds. The Morgan fingerprint density at radius 1 is 1.09 bits per heavy atom. The number of unbranched alkanes of at least 4 members (excludes halogenated alkanes) is 4. The predicted molar refractivity (Wildman–Crippen MR) is 85.4 cm³/mol. The van der Waals surface area contributed by atoms with Crippen LogP contribution >= 0.6 is 0 Å². The molecular formula is C14H27AsN2O5. The molecule has 1 unspecified atom stereocenters. The molecule has 0 saturated heterocycles. The second-order valence-corrected chi connectivity index (χ2v) is 7.86. The van der Waals surface area contributed by atoms with E-state index in [0.717, 1.165) is 18.1 Å². The van der Waals surface area contributed by atoms with Gasteiger partial charge in [-0.3, -0.25) is 0 Å². The number of hydrogen-bond acceptors (Lipinski definition) is 4. The first-order valence-electron chi connectivity index (χ1n) is 7.60. The Balaban J connectivity index is 4.02. The van der Waals surface area contributed by atoms with Crippen molar-refractivity contribution in [2.45, 2.75) is 63.2 Å². The summed E-state index contributed by atoms with van der Waals surface area (Å²) in [5, 5.41) is 23.4. The molecule has 0 rings (SSSR count). The van der Waals surface area contributed by atoms with Gasteiger partial charge in [0.05, 0.1) is 0 Å². The molecule has 0 aliphatic rings. The van der Waals surface area contributed by atoms with Crippen LogP contribution in [-0.4, -0.2) is 61.2 Å². The summed E-state index contributed by atoms with van der Waals surface area (Å²) in [6, 6.07) is -2.15. The number of carboxylic acid groups (broad SMARTS) is 1. The molecule has 0 bridgehead atoms. The molecule has 0 saturated carbocycles. The van der Waals surface area contributed by atoms with Crippen LogP contribution in [0.2, 0.25) is 5.21 Å². The molecule has 0 fully saturated rings. The Bertz CT molecular complexity index is 365. The molecule has 0 aromatic rings. The third-order valence-electron chi connectivity index (χ3n) is 3.10. The number of hydrogen-bond donors (Lipinski definition) is 4. The van der Waals surface area contributed by atoms with Crippen LogP contribution < -0.4 is 10.6 Å². The van der Waals surface area contributed by atoms with E-state index >= 15 is 0 Å². The minimum absolute atomic E-state index is 0.187. The van der Waals surface area contributed by atoms with E-state index in [0.29, 0.717) is 0 Å². The molecule has 0 aliphatic carbocycles. The fraction of sp³-hybridized carbons (Fsp3) is 0.786. The van der Waals surface area contributed by atoms with Crippen LogP contribution in [0.5, 0.6) is 0 Å². The van der Waals surface area contributed by atoms with Gasteiger partial charge in [-0.25, -0.2) is 0 Å². The zero-order valence-corrected chi connectivity index (χ0v) is 15.3. The van der Waals surface area contributed by atoms with Crippen molar-refractivity contribution < 1.29 is 24.6 Å². The van der Waals surface area contributed by atoms with Gasteiger partial charge >= 0.3 is 137 Å². The summed E-state index contributed by atoms with van der Waals surface area (Å²) in [6.45, 7) is 2.92. The van der Waals surface area contributed by atoms with Crippen molar-refractivity contribution in [3.8, 4) is 0 Å². The van der Waals surface area contributed by atoms with Crippen molar-refractivity contribution in [2.75, 3.05) is 6.61 Å². The standard InChI is InChI=1S/C14H27AsN2O5/c1-3-4-5-6-7-8-15-14(22)17-11(9-18)12(19)16-10(2)13(20)21/h10-11,15,18H,3-9H2,1-2H3,(H,16,19)(H,17,22)(H,20,21)/t10-,11-/m0/s1. The van der Waals surface area contributed by atoms with E-state index in [-0.39, 0.29) is 4.69 Å². The quantitative estimate of drug-likeness (QED) is 0.291. The molecule has 0 heterocycles. The Kier molecular flexibility index (Phi) is 11.9. The molecule has 3 atom stereocenters. The maximum atomic E-state index is 11.8. The fourth-order valence-corrected chi connectivity index (χ4v) is 3.66. The van der Waals surface area contributed by atoms with Gasteiger partial charge < -0.3 is 0 Å². The molecule has 0 aromatic heterocycles. The number of carbonyl (C=O) groups is 3. The fourth-order valence-electron chi connectivity index (χ4n) is 1.71. The van der Waals surface area contributed by atoms with Crippen LogP contribution in [0.25, 0.3) is 0 Å². The van der Waals surface area contributed by atoms with Crippen molar-refractivity contribution in [3.05, 3.63) is 0 Å². The number of nitrogens with one attached hydrogen (secondary N) is 2. The third-order valence-corrected chi connectivity index (χ3v) is 5.34. The van der Waals surface area contributed by atoms with Crippen LogP contribution in [-0.2, 0) is 9.59 Å². The molecule has 0 aliphatic heterocycles. The van der Waals surface area contributed by atoms with Crippen molar-refractivity contribution in [1.29, 1.82) is 0 Å². The van der Waals surface area contributed by atoms with Crippen LogP contribution in [0.15, 0.2) is 0 Å². The molecule has 22 heavy (non-hydrogen) atoms. The summed E-state index contributed by atoms with van der Waals surface area (Å²) in [7, 11) is 0. The first-order chi connectivity index (χ1) is 10.4. The monoisotopic (exact) mass is 378 g/mol. The zero-order chi connectivity index (χ0) is 17.0. The average molecular weight is 378 g/mol. The first kappa shape index (κ1) is 20.9. The summed E-state index contributed by atoms with van der Waals surface area (Å²) in [4.78, 5) is 34.2. The number of carboxylic acids is 1. The molecule has 128 valence electrons. The van der Waals surface area contributed by atoms with E-state index in [9.17, 15) is 14.4 Å². The van der Waals surface area contributed by atoms with Gasteiger partial charge in [-0.15, -0.1) is 0 Å². The molecule has 8 heteroatoms. The van der Waals surface area contributed by atoms with E-state index in [1.165, 1.54) is 26.2 Å². The number of carbonyl (C=O) groups excluding carboxylic acids is 2. The second kappa shape index (κ2) is 12.5. The molecule has 7 nitrogen and oxygen atoms in total. The molecule has 0 spiro atoms. The van der Waals surface area contributed by atoms with E-state index in [4.69, 9.17) is 10.2 Å². The SMILES string of the molecule is CCCCCCC[AsH]C(=O)N[C@@H](CO)C(=O)N[C@@H](C)C(=O)O. The summed E-state index contributed by atoms with van der Waals surface area (Å²) < 4.78 is -0.187. The number of rotatable bonds is 12. The second-order valence-electron chi connectivity index (χ2n) is 5.12. The van der Waals surface area contributed by atoms with E-state index < -0.39 is 46.3 Å². The Labute approximate surface area is 137 Å². The van der Waals surface area contributed by atoms with Crippen LogP contribution in [0.4, 0.5) is 4.79 Å². The van der Waals surface area contributed by atoms with Crippen LogP contribution in [0.1, 0.15) is 46.0 Å². The summed E-state index contributed by atoms with van der Waals surface area (Å²) in [6.07, 6.45) is 5.70. The Hall–Kier alpha value is -1.07. The summed E-state index contributed by atoms with van der Waals surface area (Å²) in [5.74, 6) is -1.85. The summed E-state index contributed by atoms with van der Waals surface area (Å²) >= 11 is -0.855. The zero-order valence-electron chi connectivity index (χ0n) is 13.2. The van der Waals surface area contributed by atoms with Crippen molar-refractivity contribution >= 4 is 32.3 Å². The Morgan fingerprint density at radius 3 is 2.27 bits per heavy atom. The number of amides is 2. The predicted octanol–water partition coefficient (Wildman–Crippen LogP) is 0.471. The number of aliphatic hydroxyl groups is 1. The van der Waals surface area contributed by atoms with Gasteiger partial charge in [-0.05, 0) is 0 Å². The summed E-state index contributed by atoms with van der Waals surface area (Å²) in [5.41, 5.74) is 0. The van der Waals surface area contributed by atoms with Gasteiger partial charge in [0.15, 0.2) is 0 Å². The van der Waals surface area contributed by atoms with Gasteiger partial charge in [-0.2, -0.15) is 0 Å². The van der Waals surface area contributed by atoms with Crippen LogP contribution in [0.3, 0.4) is 0 Å². The van der Waals surface area contributed by atoms with Crippen molar-refractivity contribution in [2.24, 2.45) is 0 Å². The maximum absolute atomic E-state index is 11.8. The van der Waals surface area contributed by atoms with Gasteiger partial charge in [0, 0.05) is 0 Å². The van der Waals surface area contributed by atoms with Crippen molar-refractivity contribution in [3.63, 3.8) is 0 Å². The molecular weight excluding hydrogens is 351 g/mol. The first-order valence-corrected chi connectivity index (χ1v) is 10.1. The minimum atomic E-state index is -1.17. The normalized spacial score (nSPS) is 13.8. The molecule has 4 N–H and O–H groups in total. The topological polar surface area (TPSA) is 116 Å².